The molecule has 1 aliphatic heterocycles. The van der Waals surface area contributed by atoms with Crippen molar-refractivity contribution >= 4 is 35.4 Å². The number of hydrogen-bond donors (Lipinski definition) is 1. The number of para-hydroxylation sites is 1. The number of hydrogen-bond acceptors (Lipinski definition) is 6. The number of thioether (sulfide) groups is 1. The zero-order valence-corrected chi connectivity index (χ0v) is 19.5. The Hall–Kier alpha value is -3.00. The van der Waals surface area contributed by atoms with Crippen molar-refractivity contribution in [1.82, 2.24) is 5.32 Å². The highest BCUT2D eigenvalue weighted by Crippen LogP contribution is 2.47. The highest BCUT2D eigenvalue weighted by Gasteiger charge is 2.53. The predicted molar refractivity (Wildman–Crippen MR) is 124 cm³/mol. The topological polar surface area (TPSA) is 84.9 Å². The number of nitrogens with one attached hydrogen (secondary N) is 1. The Bertz CT molecular complexity index is 989. The fourth-order valence-electron chi connectivity index (χ4n) is 3.46. The van der Waals surface area contributed by atoms with E-state index in [4.69, 9.17) is 9.47 Å². The molecule has 0 unspecified atom stereocenters. The first-order valence-corrected chi connectivity index (χ1v) is 11.4. The number of amides is 2. The van der Waals surface area contributed by atoms with Gasteiger partial charge in [-0.3, -0.25) is 14.9 Å². The van der Waals surface area contributed by atoms with Gasteiger partial charge in [-0.05, 0) is 39.3 Å². The Kier molecular flexibility index (Phi) is 7.13. The molecule has 1 N–H and O–H groups in total. The number of carbonyl (C=O) groups excluding carboxylic acids is 3. The molecular formula is C24H28N2O5S. The summed E-state index contributed by atoms with van der Waals surface area (Å²) in [6, 6.07) is 16.8. The number of ether oxygens (including phenoxy) is 2. The summed E-state index contributed by atoms with van der Waals surface area (Å²) in [7, 11) is 0. The second-order valence-corrected chi connectivity index (χ2v) is 9.49. The molecule has 0 aliphatic carbocycles. The van der Waals surface area contributed by atoms with Crippen molar-refractivity contribution in [2.75, 3.05) is 17.3 Å². The van der Waals surface area contributed by atoms with Crippen LogP contribution in [0.2, 0.25) is 0 Å². The molecule has 7 nitrogen and oxygen atoms in total. The number of rotatable bonds is 7. The van der Waals surface area contributed by atoms with Gasteiger partial charge in [0.15, 0.2) is 4.87 Å². The normalized spacial score (nSPS) is 17.6. The van der Waals surface area contributed by atoms with Crippen molar-refractivity contribution in [2.45, 2.75) is 44.7 Å². The molecule has 0 fully saturated rings. The van der Waals surface area contributed by atoms with E-state index in [9.17, 15) is 14.4 Å². The molecule has 0 spiro atoms. The number of anilines is 1. The summed E-state index contributed by atoms with van der Waals surface area (Å²) in [5.41, 5.74) is 1.47. The number of alkyl carbamates (subject to hydrolysis) is 1. The van der Waals surface area contributed by atoms with Gasteiger partial charge in [-0.25, -0.2) is 4.79 Å². The van der Waals surface area contributed by atoms with E-state index in [0.29, 0.717) is 17.8 Å². The third-order valence-corrected chi connectivity index (χ3v) is 6.00. The van der Waals surface area contributed by atoms with Crippen LogP contribution < -0.4 is 10.2 Å². The molecule has 8 heteroatoms. The number of carbonyl (C=O) groups is 3. The Morgan fingerprint density at radius 3 is 2.38 bits per heavy atom. The first-order valence-electron chi connectivity index (χ1n) is 10.4. The lowest BCUT2D eigenvalue weighted by atomic mass is 10.1. The lowest BCUT2D eigenvalue weighted by Gasteiger charge is -2.30. The third kappa shape index (κ3) is 5.24. The smallest absolute Gasteiger partial charge is 0.409 e. The highest BCUT2D eigenvalue weighted by atomic mass is 32.2. The quantitative estimate of drug-likeness (QED) is 0.496. The zero-order chi connectivity index (χ0) is 23.4. The van der Waals surface area contributed by atoms with Gasteiger partial charge in [0.2, 0.25) is 0 Å². The fraction of sp³-hybridized carbons (Fsp3) is 0.375. The predicted octanol–water partition coefficient (Wildman–Crippen LogP) is 4.21. The van der Waals surface area contributed by atoms with E-state index in [-0.39, 0.29) is 18.3 Å². The molecule has 0 aromatic heterocycles. The fourth-order valence-corrected chi connectivity index (χ4v) is 4.59. The second kappa shape index (κ2) is 9.65. The van der Waals surface area contributed by atoms with Gasteiger partial charge in [-0.1, -0.05) is 48.5 Å². The maximum atomic E-state index is 13.8. The minimum Gasteiger partial charge on any atom is -0.465 e. The first-order chi connectivity index (χ1) is 15.2. The van der Waals surface area contributed by atoms with Crippen molar-refractivity contribution in [3.8, 4) is 0 Å². The van der Waals surface area contributed by atoms with E-state index in [1.807, 2.05) is 42.5 Å². The molecule has 0 bridgehead atoms. The van der Waals surface area contributed by atoms with Crippen molar-refractivity contribution in [2.24, 2.45) is 0 Å². The summed E-state index contributed by atoms with van der Waals surface area (Å²) in [5.74, 6) is -0.916. The molecule has 3 rings (SSSR count). The molecule has 2 aromatic rings. The second-order valence-electron chi connectivity index (χ2n) is 8.30. The highest BCUT2D eigenvalue weighted by molar-refractivity contribution is 8.01. The first kappa shape index (κ1) is 23.7. The monoisotopic (exact) mass is 456 g/mol. The summed E-state index contributed by atoms with van der Waals surface area (Å²) in [6.45, 7) is 7.52. The van der Waals surface area contributed by atoms with Crippen LogP contribution in [0.5, 0.6) is 0 Å². The van der Waals surface area contributed by atoms with Crippen LogP contribution in [0.15, 0.2) is 54.6 Å². The molecule has 2 amide bonds. The molecule has 0 radical (unpaired) electrons. The molecule has 1 aliphatic rings. The van der Waals surface area contributed by atoms with Crippen molar-refractivity contribution in [3.05, 3.63) is 65.7 Å². The number of benzene rings is 2. The Morgan fingerprint density at radius 2 is 1.72 bits per heavy atom. The number of nitrogens with zero attached hydrogens (tertiary/aromatic N) is 1. The van der Waals surface area contributed by atoms with Crippen LogP contribution in [0.3, 0.4) is 0 Å². The van der Waals surface area contributed by atoms with Crippen LogP contribution in [0.1, 0.15) is 38.8 Å². The standard InChI is InChI=1S/C24H28N2O5S/c1-5-30-20(27)16-32-24(25-22(29)31-23(2,3)4)18-13-9-10-14-19(18)26(21(24)28)15-17-11-7-6-8-12-17/h6-14H,5,15-16H2,1-4H3,(H,25,29)/t24-/m1/s1. The van der Waals surface area contributed by atoms with Crippen LogP contribution in [-0.2, 0) is 30.5 Å². The third-order valence-electron chi connectivity index (χ3n) is 4.69. The van der Waals surface area contributed by atoms with Gasteiger partial charge in [0.25, 0.3) is 5.91 Å². The van der Waals surface area contributed by atoms with Crippen LogP contribution in [0.4, 0.5) is 10.5 Å². The summed E-state index contributed by atoms with van der Waals surface area (Å²) in [5, 5.41) is 2.77. The van der Waals surface area contributed by atoms with Gasteiger partial charge >= 0.3 is 12.1 Å². The summed E-state index contributed by atoms with van der Waals surface area (Å²) >= 11 is 1.02. The van der Waals surface area contributed by atoms with E-state index in [2.05, 4.69) is 5.32 Å². The lowest BCUT2D eigenvalue weighted by molar-refractivity contribution is -0.139. The molecule has 0 saturated carbocycles. The maximum Gasteiger partial charge on any atom is 0.409 e. The molecule has 2 aromatic carbocycles. The Balaban J connectivity index is 2.00. The molecule has 170 valence electrons. The van der Waals surface area contributed by atoms with Gasteiger partial charge < -0.3 is 14.4 Å². The van der Waals surface area contributed by atoms with Crippen molar-refractivity contribution < 1.29 is 23.9 Å². The zero-order valence-electron chi connectivity index (χ0n) is 18.7. The van der Waals surface area contributed by atoms with Crippen molar-refractivity contribution in [1.29, 1.82) is 0 Å². The van der Waals surface area contributed by atoms with Crippen LogP contribution >= 0.6 is 11.8 Å². The Labute approximate surface area is 192 Å². The molecular weight excluding hydrogens is 428 g/mol. The molecule has 1 heterocycles. The summed E-state index contributed by atoms with van der Waals surface area (Å²) in [6.07, 6.45) is -0.737. The van der Waals surface area contributed by atoms with Crippen LogP contribution in [0, 0.1) is 0 Å². The van der Waals surface area contributed by atoms with Crippen LogP contribution in [-0.4, -0.2) is 35.9 Å². The van der Waals surface area contributed by atoms with E-state index in [1.165, 1.54) is 0 Å². The van der Waals surface area contributed by atoms with Crippen LogP contribution in [0.25, 0.3) is 0 Å². The van der Waals surface area contributed by atoms with Gasteiger partial charge in [0.05, 0.1) is 24.6 Å². The van der Waals surface area contributed by atoms with Gasteiger partial charge in [-0.2, -0.15) is 0 Å². The minimum absolute atomic E-state index is 0.108. The van der Waals surface area contributed by atoms with Gasteiger partial charge in [0.1, 0.15) is 5.60 Å². The molecule has 1 atom stereocenters. The maximum absolute atomic E-state index is 13.8. The average Bonchev–Trinajstić information content (AvgIpc) is 2.95. The molecule has 32 heavy (non-hydrogen) atoms. The average molecular weight is 457 g/mol. The van der Waals surface area contributed by atoms with E-state index >= 15 is 0 Å². The van der Waals surface area contributed by atoms with E-state index < -0.39 is 22.5 Å². The van der Waals surface area contributed by atoms with Gasteiger partial charge in [-0.15, -0.1) is 11.8 Å². The SMILES string of the molecule is CCOC(=O)CS[C@@]1(NC(=O)OC(C)(C)C)C(=O)N(Cc2ccccc2)c2ccccc21. The van der Waals surface area contributed by atoms with Gasteiger partial charge in [0, 0.05) is 5.56 Å². The van der Waals surface area contributed by atoms with E-state index in [0.717, 1.165) is 17.3 Å². The minimum atomic E-state index is -1.51. The van der Waals surface area contributed by atoms with E-state index in [1.54, 1.807) is 44.7 Å². The largest absolute Gasteiger partial charge is 0.465 e. The van der Waals surface area contributed by atoms with Crippen molar-refractivity contribution in [3.63, 3.8) is 0 Å². The summed E-state index contributed by atoms with van der Waals surface area (Å²) in [4.78, 5) is 38.9. The Morgan fingerprint density at radius 1 is 1.06 bits per heavy atom. The summed E-state index contributed by atoms with van der Waals surface area (Å²) < 4.78 is 10.5. The number of fused-ring (bicyclic) bond motifs is 1. The number of esters is 1. The molecule has 0 saturated heterocycles. The lowest BCUT2D eigenvalue weighted by Crippen LogP contribution is -2.52.